The van der Waals surface area contributed by atoms with Crippen LogP contribution in [0, 0.1) is 0 Å². The van der Waals surface area contributed by atoms with Crippen LogP contribution in [-0.4, -0.2) is 27.3 Å². The largest absolute Gasteiger partial charge is 0.501 e. The number of hydrogen-bond acceptors (Lipinski definition) is 3. The van der Waals surface area contributed by atoms with Crippen LogP contribution in [0.25, 0.3) is 0 Å². The molecule has 0 radical (unpaired) electrons. The van der Waals surface area contributed by atoms with E-state index in [0.29, 0.717) is 0 Å². The molecule has 0 aromatic heterocycles. The summed E-state index contributed by atoms with van der Waals surface area (Å²) in [5.41, 5.74) is -0.576. The fourth-order valence-electron chi connectivity index (χ4n) is 0.262. The molecule has 0 aromatic carbocycles. The minimum Gasteiger partial charge on any atom is -0.501 e. The topological polar surface area (TPSA) is 94.8 Å². The highest BCUT2D eigenvalue weighted by molar-refractivity contribution is 5.96. The Hall–Kier alpha value is -1.52. The molecular formula is C5H6O5. The highest BCUT2D eigenvalue weighted by atomic mass is 16.4. The van der Waals surface area contributed by atoms with Gasteiger partial charge in [0.1, 0.15) is 0 Å². The second-order valence-corrected chi connectivity index (χ2v) is 1.58. The lowest BCUT2D eigenvalue weighted by Gasteiger charge is -1.93. The fourth-order valence-corrected chi connectivity index (χ4v) is 0.262. The number of carboxylic acids is 2. The quantitative estimate of drug-likeness (QED) is 0.376. The molecule has 0 rings (SSSR count). The minimum absolute atomic E-state index is 0.576. The van der Waals surface area contributed by atoms with Gasteiger partial charge in [0, 0.05) is 0 Å². The van der Waals surface area contributed by atoms with Crippen molar-refractivity contribution in [3.63, 3.8) is 0 Å². The molecule has 5 nitrogen and oxygen atoms in total. The van der Waals surface area contributed by atoms with E-state index in [9.17, 15) is 9.59 Å². The molecule has 0 aliphatic rings. The van der Waals surface area contributed by atoms with E-state index in [1.165, 1.54) is 0 Å². The molecule has 0 fully saturated rings. The second-order valence-electron chi connectivity index (χ2n) is 1.58. The van der Waals surface area contributed by atoms with Crippen LogP contribution in [0.1, 0.15) is 6.92 Å². The third-order valence-electron chi connectivity index (χ3n) is 0.879. The monoisotopic (exact) mass is 146 g/mol. The molecule has 0 atom stereocenters. The fraction of sp³-hybridized carbons (Fsp3) is 0.200. The van der Waals surface area contributed by atoms with Crippen LogP contribution in [0.5, 0.6) is 0 Å². The predicted molar refractivity (Wildman–Crippen MR) is 30.6 cm³/mol. The third kappa shape index (κ3) is 1.77. The first kappa shape index (κ1) is 8.48. The summed E-state index contributed by atoms with van der Waals surface area (Å²) >= 11 is 0. The summed E-state index contributed by atoms with van der Waals surface area (Å²) in [5, 5.41) is 24.6. The molecule has 56 valence electrons. The van der Waals surface area contributed by atoms with Crippen LogP contribution in [0.3, 0.4) is 0 Å². The summed E-state index contributed by atoms with van der Waals surface area (Å²) in [6.07, 6.45) is 0. The van der Waals surface area contributed by atoms with Crippen molar-refractivity contribution in [2.45, 2.75) is 6.92 Å². The Bertz CT molecular complexity index is 180. The number of rotatable bonds is 2. The average molecular weight is 146 g/mol. The lowest BCUT2D eigenvalue weighted by atomic mass is 10.2. The van der Waals surface area contributed by atoms with Gasteiger partial charge in [0.15, 0.2) is 0 Å². The smallest absolute Gasteiger partial charge is 0.371 e. The van der Waals surface area contributed by atoms with Gasteiger partial charge >= 0.3 is 11.9 Å². The van der Waals surface area contributed by atoms with Crippen LogP contribution < -0.4 is 0 Å². The lowest BCUT2D eigenvalue weighted by Crippen LogP contribution is -2.08. The van der Waals surface area contributed by atoms with E-state index in [0.717, 1.165) is 6.92 Å². The molecule has 3 N–H and O–H groups in total. The first-order valence-corrected chi connectivity index (χ1v) is 2.33. The molecule has 0 bridgehead atoms. The number of aliphatic hydroxyl groups excluding tert-OH is 1. The van der Waals surface area contributed by atoms with Crippen molar-refractivity contribution in [1.29, 1.82) is 0 Å². The van der Waals surface area contributed by atoms with E-state index >= 15 is 0 Å². The first-order chi connectivity index (χ1) is 4.46. The van der Waals surface area contributed by atoms with Crippen LogP contribution in [0.2, 0.25) is 0 Å². The molecule has 10 heavy (non-hydrogen) atoms. The molecule has 0 saturated carbocycles. The molecule has 0 spiro atoms. The van der Waals surface area contributed by atoms with Gasteiger partial charge in [-0.3, -0.25) is 0 Å². The Morgan fingerprint density at radius 2 is 1.40 bits per heavy atom. The summed E-state index contributed by atoms with van der Waals surface area (Å²) in [6, 6.07) is 0. The Kier molecular flexibility index (Phi) is 2.43. The maximum atomic E-state index is 9.96. The summed E-state index contributed by atoms with van der Waals surface area (Å²) in [5.74, 6) is -4.22. The zero-order chi connectivity index (χ0) is 8.31. The van der Waals surface area contributed by atoms with E-state index in [2.05, 4.69) is 0 Å². The lowest BCUT2D eigenvalue weighted by molar-refractivity contribution is -0.138. The van der Waals surface area contributed by atoms with Crippen molar-refractivity contribution in [3.05, 3.63) is 11.3 Å². The van der Waals surface area contributed by atoms with Crippen molar-refractivity contribution in [3.8, 4) is 0 Å². The van der Waals surface area contributed by atoms with Gasteiger partial charge in [-0.25, -0.2) is 9.59 Å². The van der Waals surface area contributed by atoms with E-state index in [4.69, 9.17) is 15.3 Å². The first-order valence-electron chi connectivity index (χ1n) is 2.33. The average Bonchev–Trinajstić information content (AvgIpc) is 1.84. The molecule has 5 heteroatoms. The number of aliphatic hydroxyl groups is 1. The third-order valence-corrected chi connectivity index (χ3v) is 0.879. The van der Waals surface area contributed by atoms with E-state index < -0.39 is 23.3 Å². The second kappa shape index (κ2) is 2.86. The van der Waals surface area contributed by atoms with Gasteiger partial charge in [-0.2, -0.15) is 0 Å². The normalized spacial score (nSPS) is 12.1. The molecule has 0 aromatic rings. The van der Waals surface area contributed by atoms with Crippen molar-refractivity contribution in [2.24, 2.45) is 0 Å². The standard InChI is InChI=1S/C5H6O5/c1-2(4(7)8)3(6)5(9)10/h6H,1H3,(H,7,8)(H,9,10)/b3-2+. The maximum absolute atomic E-state index is 9.96. The van der Waals surface area contributed by atoms with Gasteiger partial charge in [-0.15, -0.1) is 0 Å². The number of aliphatic carboxylic acids is 2. The molecular weight excluding hydrogens is 140 g/mol. The highest BCUT2D eigenvalue weighted by Crippen LogP contribution is 1.99. The Morgan fingerprint density at radius 3 is 1.50 bits per heavy atom. The van der Waals surface area contributed by atoms with Gasteiger partial charge in [-0.1, -0.05) is 0 Å². The van der Waals surface area contributed by atoms with Gasteiger partial charge in [0.05, 0.1) is 5.57 Å². The molecule has 0 amide bonds. The van der Waals surface area contributed by atoms with E-state index in [1.807, 2.05) is 0 Å². The van der Waals surface area contributed by atoms with Crippen LogP contribution in [0.15, 0.2) is 11.3 Å². The maximum Gasteiger partial charge on any atom is 0.371 e. The highest BCUT2D eigenvalue weighted by Gasteiger charge is 2.13. The van der Waals surface area contributed by atoms with Gasteiger partial charge in [0.2, 0.25) is 5.76 Å². The number of carbonyl (C=O) groups is 2. The molecule has 0 heterocycles. The van der Waals surface area contributed by atoms with Crippen LogP contribution in [0.4, 0.5) is 0 Å². The molecule has 0 aliphatic heterocycles. The van der Waals surface area contributed by atoms with E-state index in [1.54, 1.807) is 0 Å². The minimum atomic E-state index is -1.64. The summed E-state index contributed by atoms with van der Waals surface area (Å²) in [6.45, 7) is 1.01. The number of hydrogen-bond donors (Lipinski definition) is 3. The van der Waals surface area contributed by atoms with Crippen molar-refractivity contribution >= 4 is 11.9 Å². The number of carboxylic acid groups (broad SMARTS) is 2. The summed E-state index contributed by atoms with van der Waals surface area (Å²) in [7, 11) is 0. The van der Waals surface area contributed by atoms with Crippen LogP contribution in [-0.2, 0) is 9.59 Å². The Labute approximate surface area is 56.2 Å². The zero-order valence-electron chi connectivity index (χ0n) is 5.16. The van der Waals surface area contributed by atoms with Crippen molar-refractivity contribution in [1.82, 2.24) is 0 Å². The predicted octanol–water partition coefficient (Wildman–Crippen LogP) is -0.0124. The SMILES string of the molecule is C/C(C(=O)O)=C(\O)C(=O)O. The molecule has 0 unspecified atom stereocenters. The zero-order valence-corrected chi connectivity index (χ0v) is 5.16. The van der Waals surface area contributed by atoms with Crippen molar-refractivity contribution in [2.75, 3.05) is 0 Å². The Balaban J connectivity index is 4.67. The van der Waals surface area contributed by atoms with Crippen molar-refractivity contribution < 1.29 is 24.9 Å². The summed E-state index contributed by atoms with van der Waals surface area (Å²) < 4.78 is 0. The van der Waals surface area contributed by atoms with Gasteiger partial charge in [0.25, 0.3) is 0 Å². The van der Waals surface area contributed by atoms with Gasteiger partial charge in [-0.05, 0) is 6.92 Å². The van der Waals surface area contributed by atoms with Crippen LogP contribution >= 0.6 is 0 Å². The Morgan fingerprint density at radius 1 is 1.00 bits per heavy atom. The molecule has 0 aliphatic carbocycles. The van der Waals surface area contributed by atoms with E-state index in [-0.39, 0.29) is 0 Å². The summed E-state index contributed by atoms with van der Waals surface area (Å²) in [4.78, 5) is 19.8. The van der Waals surface area contributed by atoms with Gasteiger partial charge < -0.3 is 15.3 Å². The molecule has 0 saturated heterocycles.